The summed E-state index contributed by atoms with van der Waals surface area (Å²) < 4.78 is 1.78. The first-order valence-electron chi connectivity index (χ1n) is 9.04. The highest BCUT2D eigenvalue weighted by molar-refractivity contribution is 6.03. The molecule has 2 aromatic rings. The molecule has 2 heterocycles. The molecular weight excluding hydrogens is 332 g/mol. The Morgan fingerprint density at radius 2 is 1.77 bits per heavy atom. The highest BCUT2D eigenvalue weighted by Crippen LogP contribution is 2.20. The second kappa shape index (κ2) is 7.25. The maximum atomic E-state index is 12.4. The van der Waals surface area contributed by atoms with Crippen molar-refractivity contribution in [1.82, 2.24) is 25.6 Å². The second-order valence-corrected chi connectivity index (χ2v) is 6.84. The summed E-state index contributed by atoms with van der Waals surface area (Å²) in [6, 6.07) is 7.46. The van der Waals surface area contributed by atoms with Crippen molar-refractivity contribution in [3.8, 4) is 0 Å². The molecule has 2 fully saturated rings. The Morgan fingerprint density at radius 1 is 1.04 bits per heavy atom. The Morgan fingerprint density at radius 3 is 2.46 bits per heavy atom. The van der Waals surface area contributed by atoms with Crippen molar-refractivity contribution < 1.29 is 9.59 Å². The van der Waals surface area contributed by atoms with Gasteiger partial charge in [-0.3, -0.25) is 9.59 Å². The fourth-order valence-electron chi connectivity index (χ4n) is 3.03. The monoisotopic (exact) mass is 354 g/mol. The number of aromatic nitrogens is 3. The van der Waals surface area contributed by atoms with Gasteiger partial charge in [0.05, 0.1) is 12.2 Å². The van der Waals surface area contributed by atoms with Crippen LogP contribution in [0.3, 0.4) is 0 Å². The number of hydrogen-bond donors (Lipinski definition) is 3. The lowest BCUT2D eigenvalue weighted by atomic mass is 10.1. The third-order valence-corrected chi connectivity index (χ3v) is 4.74. The average Bonchev–Trinajstić information content (AvgIpc) is 3.34. The highest BCUT2D eigenvalue weighted by Gasteiger charge is 2.23. The van der Waals surface area contributed by atoms with E-state index in [4.69, 9.17) is 0 Å². The Hall–Kier alpha value is -2.74. The molecule has 0 spiro atoms. The zero-order valence-electron chi connectivity index (χ0n) is 14.4. The molecule has 0 unspecified atom stereocenters. The lowest BCUT2D eigenvalue weighted by molar-refractivity contribution is 0.0950. The number of anilines is 1. The SMILES string of the molecule is O=C(NC1CC1)c1ccc(NC(=O)c2cn(C3CCNCC3)nn2)cc1. The molecule has 1 aromatic carbocycles. The van der Waals surface area contributed by atoms with Gasteiger partial charge in [-0.05, 0) is 63.0 Å². The van der Waals surface area contributed by atoms with Gasteiger partial charge in [-0.25, -0.2) is 4.68 Å². The van der Waals surface area contributed by atoms with Crippen molar-refractivity contribution in [2.24, 2.45) is 0 Å². The van der Waals surface area contributed by atoms with Gasteiger partial charge in [0.1, 0.15) is 0 Å². The van der Waals surface area contributed by atoms with Crippen LogP contribution in [-0.4, -0.2) is 45.9 Å². The summed E-state index contributed by atoms with van der Waals surface area (Å²) in [5.74, 6) is -0.379. The third-order valence-electron chi connectivity index (χ3n) is 4.74. The fourth-order valence-corrected chi connectivity index (χ4v) is 3.03. The van der Waals surface area contributed by atoms with Gasteiger partial charge in [-0.2, -0.15) is 0 Å². The van der Waals surface area contributed by atoms with Crippen LogP contribution >= 0.6 is 0 Å². The molecule has 26 heavy (non-hydrogen) atoms. The van der Waals surface area contributed by atoms with E-state index < -0.39 is 0 Å². The Balaban J connectivity index is 1.36. The molecule has 0 atom stereocenters. The van der Waals surface area contributed by atoms with E-state index in [1.807, 2.05) is 0 Å². The quantitative estimate of drug-likeness (QED) is 0.752. The van der Waals surface area contributed by atoms with Crippen LogP contribution in [0.4, 0.5) is 5.69 Å². The smallest absolute Gasteiger partial charge is 0.277 e. The third kappa shape index (κ3) is 3.91. The predicted octanol–water partition coefficient (Wildman–Crippen LogP) is 1.35. The van der Waals surface area contributed by atoms with Crippen LogP contribution in [0.5, 0.6) is 0 Å². The molecule has 0 radical (unpaired) electrons. The minimum Gasteiger partial charge on any atom is -0.349 e. The summed E-state index contributed by atoms with van der Waals surface area (Å²) >= 11 is 0. The van der Waals surface area contributed by atoms with E-state index in [1.165, 1.54) is 0 Å². The Kier molecular flexibility index (Phi) is 4.66. The van der Waals surface area contributed by atoms with Gasteiger partial charge in [0.2, 0.25) is 0 Å². The van der Waals surface area contributed by atoms with Gasteiger partial charge in [-0.1, -0.05) is 5.21 Å². The number of amides is 2. The normalized spacial score (nSPS) is 17.7. The van der Waals surface area contributed by atoms with E-state index in [1.54, 1.807) is 35.1 Å². The van der Waals surface area contributed by atoms with E-state index in [-0.39, 0.29) is 17.9 Å². The first-order valence-corrected chi connectivity index (χ1v) is 9.04. The van der Waals surface area contributed by atoms with Gasteiger partial charge in [0, 0.05) is 17.3 Å². The van der Waals surface area contributed by atoms with Gasteiger partial charge in [-0.15, -0.1) is 5.10 Å². The molecular formula is C18H22N6O2. The number of piperidine rings is 1. The zero-order chi connectivity index (χ0) is 17.9. The lowest BCUT2D eigenvalue weighted by Crippen LogP contribution is -2.29. The van der Waals surface area contributed by atoms with Crippen LogP contribution < -0.4 is 16.0 Å². The molecule has 1 aliphatic carbocycles. The van der Waals surface area contributed by atoms with Crippen molar-refractivity contribution >= 4 is 17.5 Å². The van der Waals surface area contributed by atoms with Gasteiger partial charge in [0.25, 0.3) is 11.8 Å². The van der Waals surface area contributed by atoms with Gasteiger partial charge in [0.15, 0.2) is 5.69 Å². The van der Waals surface area contributed by atoms with Crippen molar-refractivity contribution in [2.75, 3.05) is 18.4 Å². The Bertz CT molecular complexity index is 790. The minimum absolute atomic E-state index is 0.0738. The van der Waals surface area contributed by atoms with E-state index in [0.29, 0.717) is 23.0 Å². The Labute approximate surface area is 151 Å². The summed E-state index contributed by atoms with van der Waals surface area (Å²) in [5.41, 5.74) is 1.50. The summed E-state index contributed by atoms with van der Waals surface area (Å²) in [6.45, 7) is 1.90. The topological polar surface area (TPSA) is 101 Å². The van der Waals surface area contributed by atoms with Gasteiger partial charge >= 0.3 is 0 Å². The molecule has 1 aliphatic heterocycles. The first kappa shape index (κ1) is 16.7. The molecule has 8 heteroatoms. The standard InChI is InChI=1S/C18H22N6O2/c25-17(20-14-5-6-14)12-1-3-13(4-2-12)21-18(26)16-11-24(23-22-16)15-7-9-19-10-8-15/h1-4,11,14-15,19H,5-10H2,(H,20,25)(H,21,26). The van der Waals surface area contributed by atoms with E-state index in [2.05, 4.69) is 26.3 Å². The second-order valence-electron chi connectivity index (χ2n) is 6.84. The number of benzene rings is 1. The lowest BCUT2D eigenvalue weighted by Gasteiger charge is -2.22. The molecule has 3 N–H and O–H groups in total. The van der Waals surface area contributed by atoms with Crippen LogP contribution in [0.2, 0.25) is 0 Å². The average molecular weight is 354 g/mol. The molecule has 4 rings (SSSR count). The number of carbonyl (C=O) groups excluding carboxylic acids is 2. The maximum Gasteiger partial charge on any atom is 0.277 e. The fraction of sp³-hybridized carbons (Fsp3) is 0.444. The summed E-state index contributed by atoms with van der Waals surface area (Å²) in [7, 11) is 0. The molecule has 136 valence electrons. The van der Waals surface area contributed by atoms with Crippen molar-refractivity contribution in [3.05, 3.63) is 41.7 Å². The van der Waals surface area contributed by atoms with Crippen LogP contribution in [0.15, 0.2) is 30.5 Å². The largest absolute Gasteiger partial charge is 0.349 e. The molecule has 0 bridgehead atoms. The van der Waals surface area contributed by atoms with Crippen LogP contribution in [0, 0.1) is 0 Å². The minimum atomic E-state index is -0.305. The zero-order valence-corrected chi connectivity index (χ0v) is 14.4. The number of nitrogens with one attached hydrogen (secondary N) is 3. The first-order chi connectivity index (χ1) is 12.7. The van der Waals surface area contributed by atoms with E-state index in [0.717, 1.165) is 38.8 Å². The van der Waals surface area contributed by atoms with Crippen molar-refractivity contribution in [3.63, 3.8) is 0 Å². The predicted molar refractivity (Wildman–Crippen MR) is 96.0 cm³/mol. The number of carbonyl (C=O) groups is 2. The molecule has 1 aromatic heterocycles. The van der Waals surface area contributed by atoms with E-state index in [9.17, 15) is 9.59 Å². The van der Waals surface area contributed by atoms with Crippen molar-refractivity contribution in [2.45, 2.75) is 37.8 Å². The highest BCUT2D eigenvalue weighted by atomic mass is 16.2. The number of hydrogen-bond acceptors (Lipinski definition) is 5. The number of rotatable bonds is 5. The molecule has 1 saturated carbocycles. The van der Waals surface area contributed by atoms with Crippen molar-refractivity contribution in [1.29, 1.82) is 0 Å². The van der Waals surface area contributed by atoms with Crippen LogP contribution in [-0.2, 0) is 0 Å². The van der Waals surface area contributed by atoms with E-state index >= 15 is 0 Å². The number of nitrogens with zero attached hydrogens (tertiary/aromatic N) is 3. The summed E-state index contributed by atoms with van der Waals surface area (Å²) in [5, 5.41) is 17.1. The maximum absolute atomic E-state index is 12.4. The van der Waals surface area contributed by atoms with Gasteiger partial charge < -0.3 is 16.0 Å². The summed E-state index contributed by atoms with van der Waals surface area (Å²) in [6.07, 6.45) is 5.77. The molecule has 8 nitrogen and oxygen atoms in total. The molecule has 2 amide bonds. The molecule has 1 saturated heterocycles. The van der Waals surface area contributed by atoms with Crippen LogP contribution in [0.25, 0.3) is 0 Å². The molecule has 2 aliphatic rings. The van der Waals surface area contributed by atoms with Crippen LogP contribution in [0.1, 0.15) is 52.6 Å². The summed E-state index contributed by atoms with van der Waals surface area (Å²) in [4.78, 5) is 24.3.